The van der Waals surface area contributed by atoms with E-state index in [0.717, 1.165) is 32.0 Å². The summed E-state index contributed by atoms with van der Waals surface area (Å²) in [7, 11) is 1.29. The van der Waals surface area contributed by atoms with E-state index < -0.39 is 18.1 Å². The van der Waals surface area contributed by atoms with Crippen molar-refractivity contribution in [1.29, 1.82) is 0 Å². The highest BCUT2D eigenvalue weighted by atomic mass is 16.5. The molecule has 2 atom stereocenters. The number of methoxy groups -OCH3 is 1. The van der Waals surface area contributed by atoms with Crippen LogP contribution in [0.25, 0.3) is 0 Å². The summed E-state index contributed by atoms with van der Waals surface area (Å²) in [6.45, 7) is 3.24. The number of hydrazine groups is 1. The maximum Gasteiger partial charge on any atom is 0.324 e. The fourth-order valence-electron chi connectivity index (χ4n) is 3.75. The van der Waals surface area contributed by atoms with Crippen molar-refractivity contribution in [3.63, 3.8) is 0 Å². The van der Waals surface area contributed by atoms with Gasteiger partial charge in [-0.05, 0) is 32.2 Å². The topological polar surface area (TPSA) is 120 Å². The highest BCUT2D eigenvalue weighted by molar-refractivity contribution is 5.77. The minimum absolute atomic E-state index is 0.103. The van der Waals surface area contributed by atoms with Gasteiger partial charge in [0.05, 0.1) is 19.8 Å². The lowest BCUT2D eigenvalue weighted by Gasteiger charge is -2.20. The van der Waals surface area contributed by atoms with Crippen molar-refractivity contribution in [2.45, 2.75) is 128 Å². The molecule has 1 unspecified atom stereocenters. The third-order valence-corrected chi connectivity index (χ3v) is 5.96. The first kappa shape index (κ1) is 32.5. The van der Waals surface area contributed by atoms with Crippen LogP contribution in [0.1, 0.15) is 116 Å². The normalized spacial score (nSPS) is 12.8. The summed E-state index contributed by atoms with van der Waals surface area (Å²) in [6.07, 6.45) is 18.5. The molecule has 8 nitrogen and oxygen atoms in total. The lowest BCUT2D eigenvalue weighted by molar-refractivity contribution is -0.146. The molecular weight excluding hydrogens is 434 g/mol. The summed E-state index contributed by atoms with van der Waals surface area (Å²) in [5, 5.41) is 0. The molecule has 8 heteroatoms. The van der Waals surface area contributed by atoms with Crippen molar-refractivity contribution >= 4 is 18.2 Å². The van der Waals surface area contributed by atoms with Gasteiger partial charge in [0, 0.05) is 6.42 Å². The quantitative estimate of drug-likeness (QED) is 0.0756. The fraction of sp³-hybridized carbons (Fsp3) is 0.885. The SMILES string of the molecule is CCCCCCCCCCCCCCOC(=O)CCC(NN[C@@H](C=O)CCCCN)C(=O)OC. The number of hydrogen-bond acceptors (Lipinski definition) is 8. The Morgan fingerprint density at radius 3 is 1.94 bits per heavy atom. The second-order valence-electron chi connectivity index (χ2n) is 9.04. The van der Waals surface area contributed by atoms with E-state index in [4.69, 9.17) is 15.2 Å². The molecule has 34 heavy (non-hydrogen) atoms. The number of hydrogen-bond donors (Lipinski definition) is 3. The van der Waals surface area contributed by atoms with E-state index in [-0.39, 0.29) is 18.8 Å². The monoisotopic (exact) mass is 485 g/mol. The first-order valence-electron chi connectivity index (χ1n) is 13.5. The molecule has 0 radical (unpaired) electrons. The minimum Gasteiger partial charge on any atom is -0.468 e. The van der Waals surface area contributed by atoms with Crippen LogP contribution in [0.5, 0.6) is 0 Å². The van der Waals surface area contributed by atoms with Gasteiger partial charge in [0.2, 0.25) is 0 Å². The standard InChI is InChI=1S/C26H51N3O5/c1-3-4-5-6-7-8-9-10-11-12-13-16-21-34-25(31)19-18-24(26(32)33-2)29-28-23(22-30)17-14-15-20-27/h22-24,28-29H,3-21,27H2,1-2H3/t23-,24?/m1/s1. The second kappa shape index (κ2) is 24.6. The number of unbranched alkanes of at least 4 members (excludes halogenated alkanes) is 12. The number of carbonyl (C=O) groups is 3. The third-order valence-electron chi connectivity index (χ3n) is 5.96. The van der Waals surface area contributed by atoms with Gasteiger partial charge in [0.25, 0.3) is 0 Å². The minimum atomic E-state index is -0.735. The van der Waals surface area contributed by atoms with E-state index in [1.807, 2.05) is 0 Å². The van der Waals surface area contributed by atoms with Gasteiger partial charge in [-0.15, -0.1) is 0 Å². The average molecular weight is 486 g/mol. The van der Waals surface area contributed by atoms with Gasteiger partial charge in [-0.2, -0.15) is 0 Å². The Bertz CT molecular complexity index is 505. The zero-order valence-electron chi connectivity index (χ0n) is 21.8. The van der Waals surface area contributed by atoms with E-state index in [1.54, 1.807) is 0 Å². The molecule has 0 aromatic heterocycles. The average Bonchev–Trinajstić information content (AvgIpc) is 2.85. The van der Waals surface area contributed by atoms with Crippen LogP contribution in [0, 0.1) is 0 Å². The summed E-state index contributed by atoms with van der Waals surface area (Å²) >= 11 is 0. The van der Waals surface area contributed by atoms with Crippen molar-refractivity contribution in [3.05, 3.63) is 0 Å². The number of nitrogens with one attached hydrogen (secondary N) is 2. The molecule has 0 bridgehead atoms. The third kappa shape index (κ3) is 19.9. The molecule has 0 aliphatic heterocycles. The summed E-state index contributed by atoms with van der Waals surface area (Å²) in [6, 6.07) is -1.17. The molecule has 0 saturated heterocycles. The summed E-state index contributed by atoms with van der Waals surface area (Å²) in [5.74, 6) is -0.818. The Morgan fingerprint density at radius 1 is 0.824 bits per heavy atom. The van der Waals surface area contributed by atoms with Gasteiger partial charge in [-0.3, -0.25) is 9.59 Å². The predicted molar refractivity (Wildman–Crippen MR) is 136 cm³/mol. The van der Waals surface area contributed by atoms with Crippen LogP contribution in [-0.2, 0) is 23.9 Å². The van der Waals surface area contributed by atoms with Crippen LogP contribution in [0.4, 0.5) is 0 Å². The lowest BCUT2D eigenvalue weighted by Crippen LogP contribution is -2.51. The Morgan fingerprint density at radius 2 is 1.41 bits per heavy atom. The highest BCUT2D eigenvalue weighted by Crippen LogP contribution is 2.12. The van der Waals surface area contributed by atoms with Gasteiger partial charge in [-0.25, -0.2) is 10.9 Å². The van der Waals surface area contributed by atoms with Gasteiger partial charge in [-0.1, -0.05) is 84.0 Å². The van der Waals surface area contributed by atoms with E-state index >= 15 is 0 Å². The zero-order chi connectivity index (χ0) is 25.3. The molecule has 0 aromatic rings. The second-order valence-corrected chi connectivity index (χ2v) is 9.04. The molecule has 0 spiro atoms. The van der Waals surface area contributed by atoms with Gasteiger partial charge in [0.15, 0.2) is 0 Å². The Labute approximate surface area is 207 Å². The Kier molecular flexibility index (Phi) is 23.5. The summed E-state index contributed by atoms with van der Waals surface area (Å²) in [5.41, 5.74) is 11.1. The van der Waals surface area contributed by atoms with Crippen LogP contribution in [0.3, 0.4) is 0 Å². The van der Waals surface area contributed by atoms with Crippen molar-refractivity contribution in [2.24, 2.45) is 5.73 Å². The molecule has 4 N–H and O–H groups in total. The van der Waals surface area contributed by atoms with Crippen LogP contribution in [0.2, 0.25) is 0 Å². The van der Waals surface area contributed by atoms with Crippen LogP contribution in [0.15, 0.2) is 0 Å². The molecule has 0 rings (SSSR count). The number of carbonyl (C=O) groups excluding carboxylic acids is 3. The largest absolute Gasteiger partial charge is 0.468 e. The lowest BCUT2D eigenvalue weighted by atomic mass is 10.1. The Hall–Kier alpha value is -1.51. The molecule has 0 saturated carbocycles. The number of esters is 2. The highest BCUT2D eigenvalue weighted by Gasteiger charge is 2.21. The fourth-order valence-corrected chi connectivity index (χ4v) is 3.75. The summed E-state index contributed by atoms with van der Waals surface area (Å²) < 4.78 is 10.1. The van der Waals surface area contributed by atoms with E-state index in [2.05, 4.69) is 17.8 Å². The van der Waals surface area contributed by atoms with E-state index in [1.165, 1.54) is 71.3 Å². The molecular formula is C26H51N3O5. The van der Waals surface area contributed by atoms with Crippen LogP contribution < -0.4 is 16.6 Å². The zero-order valence-corrected chi connectivity index (χ0v) is 21.8. The maximum atomic E-state index is 12.0. The molecule has 0 heterocycles. The first-order chi connectivity index (χ1) is 16.6. The number of rotatable bonds is 25. The Balaban J connectivity index is 3.85. The van der Waals surface area contributed by atoms with Gasteiger partial charge < -0.3 is 20.0 Å². The van der Waals surface area contributed by atoms with Gasteiger partial charge in [0.1, 0.15) is 12.3 Å². The number of aldehydes is 1. The molecule has 0 aromatic carbocycles. The van der Waals surface area contributed by atoms with Crippen LogP contribution in [-0.4, -0.2) is 50.6 Å². The molecule has 0 aliphatic carbocycles. The van der Waals surface area contributed by atoms with E-state index in [9.17, 15) is 14.4 Å². The first-order valence-corrected chi connectivity index (χ1v) is 13.5. The number of nitrogens with two attached hydrogens (primary N) is 1. The van der Waals surface area contributed by atoms with Gasteiger partial charge >= 0.3 is 11.9 Å². The van der Waals surface area contributed by atoms with Crippen molar-refractivity contribution in [2.75, 3.05) is 20.3 Å². The molecule has 0 fully saturated rings. The predicted octanol–water partition coefficient (Wildman–Crippen LogP) is 4.34. The molecule has 200 valence electrons. The van der Waals surface area contributed by atoms with E-state index in [0.29, 0.717) is 19.6 Å². The van der Waals surface area contributed by atoms with Crippen LogP contribution >= 0.6 is 0 Å². The summed E-state index contributed by atoms with van der Waals surface area (Å²) in [4.78, 5) is 35.2. The number of ether oxygens (including phenoxy) is 2. The molecule has 0 aliphatic rings. The van der Waals surface area contributed by atoms with Crippen molar-refractivity contribution < 1.29 is 23.9 Å². The van der Waals surface area contributed by atoms with Crippen molar-refractivity contribution in [1.82, 2.24) is 10.9 Å². The van der Waals surface area contributed by atoms with Crippen molar-refractivity contribution in [3.8, 4) is 0 Å². The molecule has 0 amide bonds. The smallest absolute Gasteiger partial charge is 0.324 e. The maximum absolute atomic E-state index is 12.0.